The smallest absolute Gasteiger partial charge is 0.133 e. The highest BCUT2D eigenvalue weighted by atomic mass is 32.1. The minimum Gasteiger partial charge on any atom is -0.353 e. The van der Waals surface area contributed by atoms with Gasteiger partial charge < -0.3 is 10.6 Å². The summed E-state index contributed by atoms with van der Waals surface area (Å²) < 4.78 is 0. The summed E-state index contributed by atoms with van der Waals surface area (Å²) in [6, 6.07) is 3.91. The number of hydrogen-bond donors (Lipinski definition) is 1. The summed E-state index contributed by atoms with van der Waals surface area (Å²) in [6.07, 6.45) is 1.78. The second-order valence-corrected chi connectivity index (χ2v) is 4.24. The Morgan fingerprint density at radius 1 is 1.44 bits per heavy atom. The summed E-state index contributed by atoms with van der Waals surface area (Å²) in [5.41, 5.74) is 9.63. The molecule has 5 heteroatoms. The number of anilines is 1. The number of nitrogens with two attached hydrogens (primary N) is 1. The molecule has 0 fully saturated rings. The van der Waals surface area contributed by atoms with Crippen molar-refractivity contribution in [3.8, 4) is 0 Å². The van der Waals surface area contributed by atoms with Crippen LogP contribution in [0.5, 0.6) is 0 Å². The highest BCUT2D eigenvalue weighted by molar-refractivity contribution is 7.07. The third-order valence-electron chi connectivity index (χ3n) is 2.33. The Morgan fingerprint density at radius 2 is 2.31 bits per heavy atom. The molecule has 0 unspecified atom stereocenters. The molecule has 84 valence electrons. The van der Waals surface area contributed by atoms with E-state index in [-0.39, 0.29) is 0 Å². The molecule has 16 heavy (non-hydrogen) atoms. The molecule has 0 bridgehead atoms. The minimum absolute atomic E-state index is 0.505. The van der Waals surface area contributed by atoms with Crippen LogP contribution in [0, 0.1) is 0 Å². The van der Waals surface area contributed by atoms with Crippen LogP contribution in [0.2, 0.25) is 0 Å². The highest BCUT2D eigenvalue weighted by Gasteiger charge is 2.08. The molecule has 0 aliphatic rings. The topological polar surface area (TPSA) is 55.0 Å². The average molecular weight is 234 g/mol. The van der Waals surface area contributed by atoms with Crippen LogP contribution in [0.15, 0.2) is 29.2 Å². The van der Waals surface area contributed by atoms with Crippen LogP contribution in [0.25, 0.3) is 0 Å². The summed E-state index contributed by atoms with van der Waals surface area (Å²) in [5, 5.41) is 2.04. The molecule has 0 aromatic carbocycles. The zero-order chi connectivity index (χ0) is 11.4. The number of aromatic nitrogens is 2. The second-order valence-electron chi connectivity index (χ2n) is 3.53. The zero-order valence-electron chi connectivity index (χ0n) is 9.13. The Labute approximate surface area is 98.8 Å². The Bertz CT molecular complexity index is 441. The average Bonchev–Trinajstić information content (AvgIpc) is 2.81. The molecule has 0 radical (unpaired) electrons. The molecular weight excluding hydrogens is 220 g/mol. The Kier molecular flexibility index (Phi) is 3.48. The molecule has 2 aromatic rings. The van der Waals surface area contributed by atoms with Crippen LogP contribution in [0.4, 0.5) is 5.82 Å². The Balaban J connectivity index is 2.17. The van der Waals surface area contributed by atoms with E-state index in [1.165, 1.54) is 0 Å². The van der Waals surface area contributed by atoms with E-state index >= 15 is 0 Å². The molecule has 2 rings (SSSR count). The molecule has 4 nitrogen and oxygen atoms in total. The summed E-state index contributed by atoms with van der Waals surface area (Å²) >= 11 is 1.60. The minimum atomic E-state index is 0.505. The maximum atomic E-state index is 5.68. The number of rotatable bonds is 4. The first-order valence-electron chi connectivity index (χ1n) is 5.03. The molecule has 0 amide bonds. The third kappa shape index (κ3) is 2.37. The van der Waals surface area contributed by atoms with Gasteiger partial charge in [0.2, 0.25) is 0 Å². The van der Waals surface area contributed by atoms with Crippen LogP contribution >= 0.6 is 11.3 Å². The molecule has 0 aliphatic heterocycles. The van der Waals surface area contributed by atoms with Crippen LogP contribution in [-0.4, -0.2) is 17.0 Å². The molecule has 2 heterocycles. The van der Waals surface area contributed by atoms with Gasteiger partial charge in [0.25, 0.3) is 0 Å². The van der Waals surface area contributed by atoms with Gasteiger partial charge in [-0.3, -0.25) is 0 Å². The fourth-order valence-corrected chi connectivity index (χ4v) is 2.12. The van der Waals surface area contributed by atoms with Gasteiger partial charge in [0, 0.05) is 30.7 Å². The van der Waals surface area contributed by atoms with Crippen molar-refractivity contribution in [2.75, 3.05) is 11.9 Å². The van der Waals surface area contributed by atoms with Crippen molar-refractivity contribution in [3.63, 3.8) is 0 Å². The molecule has 0 saturated heterocycles. The zero-order valence-corrected chi connectivity index (χ0v) is 9.94. The fourth-order valence-electron chi connectivity index (χ4n) is 1.57. The second kappa shape index (κ2) is 5.05. The lowest BCUT2D eigenvalue weighted by Gasteiger charge is -2.19. The summed E-state index contributed by atoms with van der Waals surface area (Å²) in [4.78, 5) is 10.7. The lowest BCUT2D eigenvalue weighted by Crippen LogP contribution is -2.20. The Hall–Kier alpha value is -1.46. The van der Waals surface area contributed by atoms with Gasteiger partial charge in [-0.25, -0.2) is 9.97 Å². The first-order valence-corrected chi connectivity index (χ1v) is 5.97. The predicted octanol–water partition coefficient (Wildman–Crippen LogP) is 1.63. The van der Waals surface area contributed by atoms with Gasteiger partial charge in [0.05, 0.1) is 17.7 Å². The lowest BCUT2D eigenvalue weighted by molar-refractivity contribution is 0.857. The van der Waals surface area contributed by atoms with Crippen molar-refractivity contribution in [1.82, 2.24) is 9.97 Å². The van der Waals surface area contributed by atoms with Crippen molar-refractivity contribution >= 4 is 17.2 Å². The molecule has 0 aliphatic carbocycles. The first kappa shape index (κ1) is 11.0. The van der Waals surface area contributed by atoms with Crippen molar-refractivity contribution in [2.45, 2.75) is 13.1 Å². The molecule has 0 saturated carbocycles. The SMILES string of the molecule is CN(Cc1cscn1)c1ncccc1CN. The normalized spacial score (nSPS) is 10.4. The maximum absolute atomic E-state index is 5.68. The van der Waals surface area contributed by atoms with Crippen LogP contribution in [-0.2, 0) is 13.1 Å². The van der Waals surface area contributed by atoms with Gasteiger partial charge in [-0.15, -0.1) is 11.3 Å². The number of pyridine rings is 1. The van der Waals surface area contributed by atoms with Gasteiger partial charge in [-0.05, 0) is 6.07 Å². The van der Waals surface area contributed by atoms with E-state index in [1.54, 1.807) is 17.5 Å². The number of hydrogen-bond acceptors (Lipinski definition) is 5. The molecule has 0 atom stereocenters. The van der Waals surface area contributed by atoms with Crippen molar-refractivity contribution < 1.29 is 0 Å². The van der Waals surface area contributed by atoms with E-state index in [4.69, 9.17) is 5.73 Å². The van der Waals surface area contributed by atoms with E-state index in [0.717, 1.165) is 23.6 Å². The molecule has 0 spiro atoms. The highest BCUT2D eigenvalue weighted by Crippen LogP contribution is 2.17. The quantitative estimate of drug-likeness (QED) is 0.873. The monoisotopic (exact) mass is 234 g/mol. The molecular formula is C11H14N4S. The van der Waals surface area contributed by atoms with Crippen LogP contribution < -0.4 is 10.6 Å². The van der Waals surface area contributed by atoms with Crippen LogP contribution in [0.1, 0.15) is 11.3 Å². The van der Waals surface area contributed by atoms with Gasteiger partial charge in [0.1, 0.15) is 5.82 Å². The number of nitrogens with zero attached hydrogens (tertiary/aromatic N) is 3. The summed E-state index contributed by atoms with van der Waals surface area (Å²) in [6.45, 7) is 1.26. The summed E-state index contributed by atoms with van der Waals surface area (Å²) in [5.74, 6) is 0.929. The van der Waals surface area contributed by atoms with Crippen molar-refractivity contribution in [3.05, 3.63) is 40.5 Å². The van der Waals surface area contributed by atoms with Crippen molar-refractivity contribution in [2.24, 2.45) is 5.73 Å². The lowest BCUT2D eigenvalue weighted by atomic mass is 10.2. The standard InChI is InChI=1S/C11H14N4S/c1-15(6-10-7-16-8-14-10)11-9(5-12)3-2-4-13-11/h2-4,7-8H,5-6,12H2,1H3. The third-order valence-corrected chi connectivity index (χ3v) is 2.97. The van der Waals surface area contributed by atoms with Gasteiger partial charge >= 0.3 is 0 Å². The van der Waals surface area contributed by atoms with Gasteiger partial charge in [-0.2, -0.15) is 0 Å². The molecule has 2 aromatic heterocycles. The van der Waals surface area contributed by atoms with Gasteiger partial charge in [-0.1, -0.05) is 6.07 Å². The van der Waals surface area contributed by atoms with E-state index in [0.29, 0.717) is 6.54 Å². The van der Waals surface area contributed by atoms with E-state index in [2.05, 4.69) is 14.9 Å². The van der Waals surface area contributed by atoms with Crippen molar-refractivity contribution in [1.29, 1.82) is 0 Å². The fraction of sp³-hybridized carbons (Fsp3) is 0.273. The maximum Gasteiger partial charge on any atom is 0.133 e. The Morgan fingerprint density at radius 3 is 3.00 bits per heavy atom. The van der Waals surface area contributed by atoms with Crippen LogP contribution in [0.3, 0.4) is 0 Å². The van der Waals surface area contributed by atoms with E-state index < -0.39 is 0 Å². The number of thiazole rings is 1. The van der Waals surface area contributed by atoms with Gasteiger partial charge in [0.15, 0.2) is 0 Å². The predicted molar refractivity (Wildman–Crippen MR) is 66.3 cm³/mol. The summed E-state index contributed by atoms with van der Waals surface area (Å²) in [7, 11) is 2.00. The van der Waals surface area contributed by atoms with E-state index in [9.17, 15) is 0 Å². The first-order chi connectivity index (χ1) is 7.81. The molecule has 2 N–H and O–H groups in total. The van der Waals surface area contributed by atoms with E-state index in [1.807, 2.05) is 30.1 Å². The largest absolute Gasteiger partial charge is 0.353 e.